The number of nitrogens with one attached hydrogen (secondary N) is 1. The van der Waals surface area contributed by atoms with Crippen LogP contribution < -0.4 is 5.32 Å². The van der Waals surface area contributed by atoms with Crippen molar-refractivity contribution in [2.24, 2.45) is 0 Å². The van der Waals surface area contributed by atoms with Gasteiger partial charge >= 0.3 is 0 Å². The van der Waals surface area contributed by atoms with E-state index in [0.29, 0.717) is 6.61 Å². The molecule has 1 aromatic carbocycles. The Morgan fingerprint density at radius 1 is 1.06 bits per heavy atom. The Morgan fingerprint density at radius 2 is 1.78 bits per heavy atom. The lowest BCUT2D eigenvalue weighted by atomic mass is 10.1. The van der Waals surface area contributed by atoms with Crippen LogP contribution in [0.2, 0.25) is 4.34 Å². The Bertz CT molecular complexity index is 481. The van der Waals surface area contributed by atoms with E-state index in [1.165, 1.54) is 16.0 Å². The van der Waals surface area contributed by atoms with Gasteiger partial charge in [0.25, 0.3) is 0 Å². The maximum atomic E-state index is 5.88. The molecule has 1 aromatic heterocycles. The van der Waals surface area contributed by atoms with E-state index in [9.17, 15) is 0 Å². The molecule has 2 nitrogen and oxygen atoms in total. The van der Waals surface area contributed by atoms with Crippen LogP contribution >= 0.6 is 22.9 Å². The average Bonchev–Trinajstić information content (AvgIpc) is 2.78. The third-order valence-electron chi connectivity index (χ3n) is 2.59. The van der Waals surface area contributed by atoms with Gasteiger partial charge in [-0.05, 0) is 23.3 Å². The molecule has 2 rings (SSSR count). The molecule has 0 spiro atoms. The van der Waals surface area contributed by atoms with E-state index in [2.05, 4.69) is 35.6 Å². The second kappa shape index (κ2) is 6.90. The molecule has 96 valence electrons. The minimum absolute atomic E-state index is 0.668. The fourth-order valence-electron chi connectivity index (χ4n) is 1.70. The van der Waals surface area contributed by atoms with Crippen LogP contribution in [0.1, 0.15) is 16.0 Å². The van der Waals surface area contributed by atoms with Crippen LogP contribution in [0.5, 0.6) is 0 Å². The minimum atomic E-state index is 0.668. The summed E-state index contributed by atoms with van der Waals surface area (Å²) in [6, 6.07) is 12.4. The Labute approximate surface area is 117 Å². The predicted octanol–water partition coefficient (Wildman–Crippen LogP) is 3.84. The highest BCUT2D eigenvalue weighted by molar-refractivity contribution is 7.16. The van der Waals surface area contributed by atoms with Gasteiger partial charge in [0.1, 0.15) is 0 Å². The van der Waals surface area contributed by atoms with Crippen molar-refractivity contribution in [3.63, 3.8) is 0 Å². The van der Waals surface area contributed by atoms with Crippen molar-refractivity contribution >= 4 is 22.9 Å². The van der Waals surface area contributed by atoms with E-state index in [-0.39, 0.29) is 0 Å². The highest BCUT2D eigenvalue weighted by Gasteiger charge is 1.98. The van der Waals surface area contributed by atoms with E-state index in [1.807, 2.05) is 6.07 Å². The highest BCUT2D eigenvalue weighted by Crippen LogP contribution is 2.21. The average molecular weight is 282 g/mol. The summed E-state index contributed by atoms with van der Waals surface area (Å²) < 4.78 is 5.93. The summed E-state index contributed by atoms with van der Waals surface area (Å²) in [5, 5.41) is 3.40. The fraction of sp³-hybridized carbons (Fsp3) is 0.286. The minimum Gasteiger partial charge on any atom is -0.380 e. The topological polar surface area (TPSA) is 21.3 Å². The van der Waals surface area contributed by atoms with Crippen molar-refractivity contribution in [1.29, 1.82) is 0 Å². The lowest BCUT2D eigenvalue weighted by molar-refractivity contribution is 0.185. The first-order valence-corrected chi connectivity index (χ1v) is 6.99. The fourth-order valence-corrected chi connectivity index (χ4v) is 2.75. The van der Waals surface area contributed by atoms with E-state index in [0.717, 1.165) is 17.4 Å². The quantitative estimate of drug-likeness (QED) is 0.869. The van der Waals surface area contributed by atoms with Crippen LogP contribution in [0.15, 0.2) is 36.4 Å². The zero-order valence-electron chi connectivity index (χ0n) is 10.3. The van der Waals surface area contributed by atoms with Gasteiger partial charge in [0.15, 0.2) is 0 Å². The van der Waals surface area contributed by atoms with Gasteiger partial charge in [-0.15, -0.1) is 11.3 Å². The van der Waals surface area contributed by atoms with Gasteiger partial charge in [-0.3, -0.25) is 0 Å². The third kappa shape index (κ3) is 4.10. The predicted molar refractivity (Wildman–Crippen MR) is 77.0 cm³/mol. The molecule has 0 bridgehead atoms. The van der Waals surface area contributed by atoms with Crippen LogP contribution in [0.3, 0.4) is 0 Å². The van der Waals surface area contributed by atoms with Crippen molar-refractivity contribution in [2.45, 2.75) is 19.7 Å². The standard InChI is InChI=1S/C14H16ClNOS/c1-17-10-12-4-2-11(3-5-12)8-16-9-13-6-7-14(15)18-13/h2-7,16H,8-10H2,1H3. The van der Waals surface area contributed by atoms with Crippen LogP contribution in [-0.2, 0) is 24.4 Å². The van der Waals surface area contributed by atoms with Crippen LogP contribution in [-0.4, -0.2) is 7.11 Å². The zero-order valence-corrected chi connectivity index (χ0v) is 11.9. The number of halogens is 1. The summed E-state index contributed by atoms with van der Waals surface area (Å²) in [5.41, 5.74) is 2.48. The molecule has 0 radical (unpaired) electrons. The first-order valence-electron chi connectivity index (χ1n) is 5.79. The summed E-state index contributed by atoms with van der Waals surface area (Å²) in [6.45, 7) is 2.39. The Hall–Kier alpha value is -0.870. The Kier molecular flexibility index (Phi) is 5.20. The summed E-state index contributed by atoms with van der Waals surface area (Å²) in [5.74, 6) is 0. The maximum absolute atomic E-state index is 5.88. The molecule has 0 amide bonds. The molecule has 0 atom stereocenters. The van der Waals surface area contributed by atoms with Crippen LogP contribution in [0.25, 0.3) is 0 Å². The SMILES string of the molecule is COCc1ccc(CNCc2ccc(Cl)s2)cc1. The van der Waals surface area contributed by atoms with Crippen molar-refractivity contribution in [1.82, 2.24) is 5.32 Å². The van der Waals surface area contributed by atoms with Crippen molar-refractivity contribution in [3.05, 3.63) is 56.7 Å². The lowest BCUT2D eigenvalue weighted by Crippen LogP contribution is -2.11. The molecule has 0 aliphatic heterocycles. The summed E-state index contributed by atoms with van der Waals surface area (Å²) in [6.07, 6.45) is 0. The molecular formula is C14H16ClNOS. The molecule has 0 aliphatic rings. The number of rotatable bonds is 6. The Morgan fingerprint density at radius 3 is 2.39 bits per heavy atom. The molecular weight excluding hydrogens is 266 g/mol. The first-order chi connectivity index (χ1) is 8.78. The third-order valence-corrected chi connectivity index (χ3v) is 3.82. The van der Waals surface area contributed by atoms with E-state index >= 15 is 0 Å². The van der Waals surface area contributed by atoms with Gasteiger partial charge in [0, 0.05) is 25.1 Å². The van der Waals surface area contributed by atoms with E-state index in [4.69, 9.17) is 16.3 Å². The van der Waals surface area contributed by atoms with Gasteiger partial charge in [0.05, 0.1) is 10.9 Å². The smallest absolute Gasteiger partial charge is 0.0931 e. The van der Waals surface area contributed by atoms with Crippen molar-refractivity contribution < 1.29 is 4.74 Å². The molecule has 2 aromatic rings. The van der Waals surface area contributed by atoms with Gasteiger partial charge in [0.2, 0.25) is 0 Å². The van der Waals surface area contributed by atoms with Gasteiger partial charge in [-0.2, -0.15) is 0 Å². The first kappa shape index (κ1) is 13.6. The van der Waals surface area contributed by atoms with Crippen LogP contribution in [0.4, 0.5) is 0 Å². The largest absolute Gasteiger partial charge is 0.380 e. The maximum Gasteiger partial charge on any atom is 0.0931 e. The molecule has 1 N–H and O–H groups in total. The number of hydrogen-bond acceptors (Lipinski definition) is 3. The van der Waals surface area contributed by atoms with E-state index in [1.54, 1.807) is 18.4 Å². The van der Waals surface area contributed by atoms with Gasteiger partial charge in [-0.1, -0.05) is 35.9 Å². The summed E-state index contributed by atoms with van der Waals surface area (Å²) in [7, 11) is 1.71. The highest BCUT2D eigenvalue weighted by atomic mass is 35.5. The molecule has 0 fully saturated rings. The number of methoxy groups -OCH3 is 1. The van der Waals surface area contributed by atoms with Crippen molar-refractivity contribution in [2.75, 3.05) is 7.11 Å². The zero-order chi connectivity index (χ0) is 12.8. The molecule has 0 saturated carbocycles. The molecule has 18 heavy (non-hydrogen) atoms. The number of benzene rings is 1. The molecule has 0 unspecified atom stereocenters. The molecule has 1 heterocycles. The summed E-state index contributed by atoms with van der Waals surface area (Å²) in [4.78, 5) is 1.26. The monoisotopic (exact) mass is 281 g/mol. The van der Waals surface area contributed by atoms with Crippen molar-refractivity contribution in [3.8, 4) is 0 Å². The van der Waals surface area contributed by atoms with Gasteiger partial charge < -0.3 is 10.1 Å². The molecule has 0 saturated heterocycles. The molecule has 4 heteroatoms. The second-order valence-electron chi connectivity index (χ2n) is 4.06. The summed E-state index contributed by atoms with van der Waals surface area (Å²) >= 11 is 7.50. The Balaban J connectivity index is 1.79. The second-order valence-corrected chi connectivity index (χ2v) is 5.86. The number of thiophene rings is 1. The number of hydrogen-bond donors (Lipinski definition) is 1. The van der Waals surface area contributed by atoms with Crippen LogP contribution in [0, 0.1) is 0 Å². The molecule has 0 aliphatic carbocycles. The lowest BCUT2D eigenvalue weighted by Gasteiger charge is -2.05. The van der Waals surface area contributed by atoms with E-state index < -0.39 is 0 Å². The number of ether oxygens (including phenoxy) is 1. The normalized spacial score (nSPS) is 10.8. The van der Waals surface area contributed by atoms with Gasteiger partial charge in [-0.25, -0.2) is 0 Å².